The van der Waals surface area contributed by atoms with Gasteiger partial charge in [0.1, 0.15) is 11.5 Å². The summed E-state index contributed by atoms with van der Waals surface area (Å²) in [5.74, 6) is -0.366. The lowest BCUT2D eigenvalue weighted by Gasteiger charge is -2.17. The fraction of sp³-hybridized carbons (Fsp3) is 0.500. The van der Waals surface area contributed by atoms with Gasteiger partial charge < -0.3 is 19.3 Å². The first-order valence-electron chi connectivity index (χ1n) is 8.70. The van der Waals surface area contributed by atoms with Crippen LogP contribution in [0, 0.1) is 5.92 Å². The first-order valence-corrected chi connectivity index (χ1v) is 10.5. The second-order valence-corrected chi connectivity index (χ2v) is 8.78. The van der Waals surface area contributed by atoms with Crippen LogP contribution in [0.15, 0.2) is 22.7 Å². The van der Waals surface area contributed by atoms with Crippen LogP contribution in [0.1, 0.15) is 26.7 Å². The highest BCUT2D eigenvalue weighted by Crippen LogP contribution is 2.31. The molecule has 0 saturated heterocycles. The molecule has 154 valence electrons. The SMILES string of the molecule is COc1ccc(-c2noc(CS(=O)(=O)CC(=O)NC(C)C(C)C)n2)cc1OC. The van der Waals surface area contributed by atoms with Crippen LogP contribution in [-0.2, 0) is 20.4 Å². The predicted octanol–water partition coefficient (Wildman–Crippen LogP) is 1.83. The zero-order chi connectivity index (χ0) is 20.9. The van der Waals surface area contributed by atoms with Gasteiger partial charge in [0.15, 0.2) is 21.3 Å². The number of hydrogen-bond acceptors (Lipinski definition) is 8. The molecule has 0 bridgehead atoms. The molecule has 1 amide bonds. The lowest BCUT2D eigenvalue weighted by atomic mass is 10.1. The zero-order valence-electron chi connectivity index (χ0n) is 16.6. The Bertz CT molecular complexity index is 923. The van der Waals surface area contributed by atoms with E-state index in [1.807, 2.05) is 20.8 Å². The van der Waals surface area contributed by atoms with Crippen molar-refractivity contribution in [1.29, 1.82) is 0 Å². The predicted molar refractivity (Wildman–Crippen MR) is 103 cm³/mol. The number of nitrogens with one attached hydrogen (secondary N) is 1. The van der Waals surface area contributed by atoms with Crippen LogP contribution in [0.25, 0.3) is 11.4 Å². The molecular weight excluding hydrogens is 386 g/mol. The highest BCUT2D eigenvalue weighted by Gasteiger charge is 2.23. The maximum absolute atomic E-state index is 12.3. The van der Waals surface area contributed by atoms with E-state index in [0.717, 1.165) is 0 Å². The third kappa shape index (κ3) is 5.69. The summed E-state index contributed by atoms with van der Waals surface area (Å²) >= 11 is 0. The van der Waals surface area contributed by atoms with E-state index in [4.69, 9.17) is 14.0 Å². The van der Waals surface area contributed by atoms with Crippen molar-refractivity contribution in [3.05, 3.63) is 24.1 Å². The number of benzene rings is 1. The lowest BCUT2D eigenvalue weighted by molar-refractivity contribution is -0.119. The van der Waals surface area contributed by atoms with Crippen LogP contribution >= 0.6 is 0 Å². The first kappa shape index (κ1) is 21.7. The van der Waals surface area contributed by atoms with Crippen molar-refractivity contribution in [2.24, 2.45) is 5.92 Å². The molecule has 0 aliphatic carbocycles. The minimum Gasteiger partial charge on any atom is -0.493 e. The van der Waals surface area contributed by atoms with Crippen molar-refractivity contribution >= 4 is 15.7 Å². The number of nitrogens with zero attached hydrogens (tertiary/aromatic N) is 2. The Hall–Kier alpha value is -2.62. The molecular formula is C18H25N3O6S. The van der Waals surface area contributed by atoms with Crippen LogP contribution < -0.4 is 14.8 Å². The molecule has 1 aromatic carbocycles. The minimum atomic E-state index is -3.75. The molecule has 1 aromatic heterocycles. The summed E-state index contributed by atoms with van der Waals surface area (Å²) in [4.78, 5) is 16.0. The van der Waals surface area contributed by atoms with E-state index in [1.165, 1.54) is 14.2 Å². The monoisotopic (exact) mass is 411 g/mol. The van der Waals surface area contributed by atoms with Crippen molar-refractivity contribution in [2.75, 3.05) is 20.0 Å². The molecule has 0 fully saturated rings. The smallest absolute Gasteiger partial charge is 0.242 e. The Balaban J connectivity index is 2.08. The van der Waals surface area contributed by atoms with E-state index in [2.05, 4.69) is 15.5 Å². The Morgan fingerprint density at radius 3 is 2.46 bits per heavy atom. The van der Waals surface area contributed by atoms with Gasteiger partial charge in [0.25, 0.3) is 0 Å². The molecule has 2 rings (SSSR count). The Morgan fingerprint density at radius 2 is 1.86 bits per heavy atom. The Morgan fingerprint density at radius 1 is 1.18 bits per heavy atom. The molecule has 1 heterocycles. The lowest BCUT2D eigenvalue weighted by Crippen LogP contribution is -2.39. The number of amides is 1. The number of methoxy groups -OCH3 is 2. The van der Waals surface area contributed by atoms with Crippen molar-refractivity contribution in [3.63, 3.8) is 0 Å². The van der Waals surface area contributed by atoms with E-state index in [0.29, 0.717) is 17.1 Å². The number of hydrogen-bond donors (Lipinski definition) is 1. The normalized spacial score (nSPS) is 12.6. The van der Waals surface area contributed by atoms with E-state index >= 15 is 0 Å². The van der Waals surface area contributed by atoms with Crippen LogP contribution in [0.3, 0.4) is 0 Å². The van der Waals surface area contributed by atoms with Gasteiger partial charge in [0, 0.05) is 11.6 Å². The number of sulfone groups is 1. The summed E-state index contributed by atoms with van der Waals surface area (Å²) in [5.41, 5.74) is 0.577. The average Bonchev–Trinajstić information content (AvgIpc) is 3.07. The summed E-state index contributed by atoms with van der Waals surface area (Å²) in [6.45, 7) is 5.70. The van der Waals surface area contributed by atoms with Gasteiger partial charge in [-0.2, -0.15) is 4.98 Å². The Labute approximate surface area is 164 Å². The molecule has 0 saturated carbocycles. The average molecular weight is 411 g/mol. The van der Waals surface area contributed by atoms with Gasteiger partial charge in [-0.1, -0.05) is 19.0 Å². The van der Waals surface area contributed by atoms with Gasteiger partial charge in [0.2, 0.25) is 17.6 Å². The Kier molecular flexibility index (Phi) is 7.00. The highest BCUT2D eigenvalue weighted by molar-refractivity contribution is 7.91. The van der Waals surface area contributed by atoms with Crippen LogP contribution in [-0.4, -0.2) is 50.5 Å². The van der Waals surface area contributed by atoms with Crippen LogP contribution in [0.5, 0.6) is 11.5 Å². The van der Waals surface area contributed by atoms with Crippen molar-refractivity contribution < 1.29 is 27.2 Å². The highest BCUT2D eigenvalue weighted by atomic mass is 32.2. The molecule has 10 heteroatoms. The topological polar surface area (TPSA) is 121 Å². The van der Waals surface area contributed by atoms with E-state index in [-0.39, 0.29) is 23.7 Å². The molecule has 0 aliphatic rings. The number of rotatable bonds is 9. The number of ether oxygens (including phenoxy) is 2. The van der Waals surface area contributed by atoms with Gasteiger partial charge >= 0.3 is 0 Å². The van der Waals surface area contributed by atoms with Gasteiger partial charge in [0.05, 0.1) is 14.2 Å². The van der Waals surface area contributed by atoms with Crippen molar-refractivity contribution in [2.45, 2.75) is 32.6 Å². The number of carbonyl (C=O) groups is 1. The molecule has 0 spiro atoms. The third-order valence-corrected chi connectivity index (χ3v) is 5.58. The quantitative estimate of drug-likeness (QED) is 0.663. The molecule has 1 N–H and O–H groups in total. The van der Waals surface area contributed by atoms with Crippen LogP contribution in [0.4, 0.5) is 0 Å². The first-order chi connectivity index (χ1) is 13.1. The van der Waals surface area contributed by atoms with E-state index < -0.39 is 27.3 Å². The molecule has 2 aromatic rings. The fourth-order valence-corrected chi connectivity index (χ4v) is 3.39. The summed E-state index contributed by atoms with van der Waals surface area (Å²) in [5, 5.41) is 6.47. The largest absolute Gasteiger partial charge is 0.493 e. The van der Waals surface area contributed by atoms with E-state index in [1.54, 1.807) is 18.2 Å². The molecule has 28 heavy (non-hydrogen) atoms. The van der Waals surface area contributed by atoms with Crippen LogP contribution in [0.2, 0.25) is 0 Å². The molecule has 9 nitrogen and oxygen atoms in total. The maximum Gasteiger partial charge on any atom is 0.242 e. The van der Waals surface area contributed by atoms with Crippen molar-refractivity contribution in [1.82, 2.24) is 15.5 Å². The zero-order valence-corrected chi connectivity index (χ0v) is 17.4. The molecule has 1 unspecified atom stereocenters. The molecule has 0 radical (unpaired) electrons. The second-order valence-electron chi connectivity index (χ2n) is 6.71. The fourth-order valence-electron chi connectivity index (χ4n) is 2.31. The standard InChI is InChI=1S/C18H25N3O6S/c1-11(2)12(3)19-16(22)9-28(23,24)10-17-20-18(21-27-17)13-6-7-14(25-4)15(8-13)26-5/h6-8,11-12H,9-10H2,1-5H3,(H,19,22). The molecule has 0 aliphatic heterocycles. The van der Waals surface area contributed by atoms with Gasteiger partial charge in [-0.15, -0.1) is 0 Å². The van der Waals surface area contributed by atoms with Crippen molar-refractivity contribution in [3.8, 4) is 22.9 Å². The number of carbonyl (C=O) groups excluding carboxylic acids is 1. The second kappa shape index (κ2) is 9.05. The molecule has 1 atom stereocenters. The van der Waals surface area contributed by atoms with Gasteiger partial charge in [-0.05, 0) is 31.0 Å². The number of aromatic nitrogens is 2. The summed E-state index contributed by atoms with van der Waals surface area (Å²) in [6.07, 6.45) is 0. The van der Waals surface area contributed by atoms with Gasteiger partial charge in [-0.25, -0.2) is 8.42 Å². The maximum atomic E-state index is 12.3. The van der Waals surface area contributed by atoms with Gasteiger partial charge in [-0.3, -0.25) is 4.79 Å². The minimum absolute atomic E-state index is 0.0884. The van der Waals surface area contributed by atoms with E-state index in [9.17, 15) is 13.2 Å². The summed E-state index contributed by atoms with van der Waals surface area (Å²) in [7, 11) is -0.729. The summed E-state index contributed by atoms with van der Waals surface area (Å²) in [6, 6.07) is 4.91. The summed E-state index contributed by atoms with van der Waals surface area (Å²) < 4.78 is 40.0. The third-order valence-electron chi connectivity index (χ3n) is 4.19.